The van der Waals surface area contributed by atoms with Crippen molar-refractivity contribution in [3.05, 3.63) is 76.3 Å². The van der Waals surface area contributed by atoms with Crippen LogP contribution in [-0.2, 0) is 0 Å². The number of aromatic hydroxyl groups is 1. The van der Waals surface area contributed by atoms with Gasteiger partial charge in [-0.25, -0.2) is 5.43 Å². The Hall–Kier alpha value is -3.89. The molecule has 0 saturated heterocycles. The number of fused-ring (bicyclic) bond motifs is 1. The molecule has 0 aliphatic heterocycles. The first-order chi connectivity index (χ1) is 14.9. The van der Waals surface area contributed by atoms with Crippen molar-refractivity contribution >= 4 is 40.4 Å². The summed E-state index contributed by atoms with van der Waals surface area (Å²) in [7, 11) is 1.66. The van der Waals surface area contributed by atoms with E-state index in [9.17, 15) is 14.7 Å². The minimum atomic E-state index is -0.478. The number of amides is 2. The van der Waals surface area contributed by atoms with Gasteiger partial charge >= 0.3 is 0 Å². The fraction of sp³-hybridized carbons (Fsp3) is 0.130. The lowest BCUT2D eigenvalue weighted by Crippen LogP contribution is -2.27. The number of hydrazone groups is 1. The van der Waals surface area contributed by atoms with Crippen LogP contribution in [0.1, 0.15) is 32.7 Å². The summed E-state index contributed by atoms with van der Waals surface area (Å²) in [6, 6.07) is 17.0. The van der Waals surface area contributed by atoms with E-state index in [0.717, 1.165) is 16.3 Å². The number of hydrogen-bond acceptors (Lipinski definition) is 5. The standard InChI is InChI=1S/C23H19ClN4O3/c1-28(12-4-11-25)23(31)19-9-7-16(17-5-2-3-6-18(17)19)14-26-27-22(30)15-8-10-21(29)20(24)13-15/h2-3,5-10,13-14,29H,4,12H2,1H3,(H,27,30)/b26-14+. The lowest BCUT2D eigenvalue weighted by atomic mass is 9.99. The Morgan fingerprint density at radius 2 is 1.94 bits per heavy atom. The third-order valence-electron chi connectivity index (χ3n) is 4.67. The first kappa shape index (κ1) is 21.8. The number of phenols is 1. The Morgan fingerprint density at radius 3 is 2.65 bits per heavy atom. The van der Waals surface area contributed by atoms with Gasteiger partial charge in [0.1, 0.15) is 5.75 Å². The largest absolute Gasteiger partial charge is 0.506 e. The minimum absolute atomic E-state index is 0.0719. The number of phenolic OH excluding ortho intramolecular Hbond substituents is 1. The molecule has 7 nitrogen and oxygen atoms in total. The molecule has 0 aromatic heterocycles. The van der Waals surface area contributed by atoms with Crippen molar-refractivity contribution < 1.29 is 14.7 Å². The highest BCUT2D eigenvalue weighted by atomic mass is 35.5. The summed E-state index contributed by atoms with van der Waals surface area (Å²) in [5.74, 6) is -0.762. The fourth-order valence-corrected chi connectivity index (χ4v) is 3.20. The van der Waals surface area contributed by atoms with Gasteiger partial charge in [-0.05, 0) is 35.0 Å². The van der Waals surface area contributed by atoms with E-state index < -0.39 is 5.91 Å². The minimum Gasteiger partial charge on any atom is -0.506 e. The molecule has 0 spiro atoms. The molecule has 0 saturated carbocycles. The number of carbonyl (C=O) groups is 2. The molecule has 156 valence electrons. The number of hydrogen-bond donors (Lipinski definition) is 2. The molecular weight excluding hydrogens is 416 g/mol. The SMILES string of the molecule is CN(CCC#N)C(=O)c1ccc(/C=N/NC(=O)c2ccc(O)c(Cl)c2)c2ccccc12. The molecular formula is C23H19ClN4O3. The molecule has 0 atom stereocenters. The lowest BCUT2D eigenvalue weighted by Gasteiger charge is -2.17. The third kappa shape index (κ3) is 5.00. The molecule has 2 N–H and O–H groups in total. The Labute approximate surface area is 184 Å². The molecule has 0 aliphatic rings. The second-order valence-corrected chi connectivity index (χ2v) is 7.16. The van der Waals surface area contributed by atoms with Gasteiger partial charge in [0.05, 0.1) is 23.7 Å². The van der Waals surface area contributed by atoms with Crippen LogP contribution in [0, 0.1) is 11.3 Å². The quantitative estimate of drug-likeness (QED) is 0.452. The molecule has 2 amide bonds. The smallest absolute Gasteiger partial charge is 0.271 e. The average Bonchev–Trinajstić information content (AvgIpc) is 2.78. The zero-order chi connectivity index (χ0) is 22.4. The number of benzene rings is 3. The van der Waals surface area contributed by atoms with Gasteiger partial charge in [0.25, 0.3) is 11.8 Å². The highest BCUT2D eigenvalue weighted by molar-refractivity contribution is 6.32. The highest BCUT2D eigenvalue weighted by Crippen LogP contribution is 2.24. The molecule has 0 fully saturated rings. The molecule has 0 aliphatic carbocycles. The van der Waals surface area contributed by atoms with E-state index in [4.69, 9.17) is 16.9 Å². The molecule has 3 aromatic rings. The predicted molar refractivity (Wildman–Crippen MR) is 119 cm³/mol. The van der Waals surface area contributed by atoms with Crippen LogP contribution in [0.2, 0.25) is 5.02 Å². The Bertz CT molecular complexity index is 1220. The van der Waals surface area contributed by atoms with Gasteiger partial charge in [-0.15, -0.1) is 0 Å². The van der Waals surface area contributed by atoms with E-state index in [2.05, 4.69) is 10.5 Å². The van der Waals surface area contributed by atoms with Crippen LogP contribution in [-0.4, -0.2) is 41.6 Å². The second kappa shape index (κ2) is 9.74. The number of nitrogens with one attached hydrogen (secondary N) is 1. The summed E-state index contributed by atoms with van der Waals surface area (Å²) in [5, 5.41) is 23.8. The first-order valence-electron chi connectivity index (χ1n) is 9.38. The summed E-state index contributed by atoms with van der Waals surface area (Å²) in [4.78, 5) is 26.5. The van der Waals surface area contributed by atoms with Gasteiger partial charge in [0.15, 0.2) is 0 Å². The number of nitriles is 1. The van der Waals surface area contributed by atoms with Crippen molar-refractivity contribution in [2.75, 3.05) is 13.6 Å². The Morgan fingerprint density at radius 1 is 1.19 bits per heavy atom. The van der Waals surface area contributed by atoms with Gasteiger partial charge in [0, 0.05) is 30.3 Å². The van der Waals surface area contributed by atoms with Gasteiger partial charge in [0.2, 0.25) is 0 Å². The number of carbonyl (C=O) groups excluding carboxylic acids is 2. The van der Waals surface area contributed by atoms with Crippen LogP contribution in [0.4, 0.5) is 0 Å². The lowest BCUT2D eigenvalue weighted by molar-refractivity contribution is 0.0799. The maximum Gasteiger partial charge on any atom is 0.271 e. The molecule has 3 aromatic carbocycles. The maximum absolute atomic E-state index is 12.8. The normalized spacial score (nSPS) is 10.7. The number of halogens is 1. The summed E-state index contributed by atoms with van der Waals surface area (Å²) in [5.41, 5.74) is 3.92. The van der Waals surface area contributed by atoms with E-state index in [0.29, 0.717) is 12.1 Å². The van der Waals surface area contributed by atoms with Crippen molar-refractivity contribution in [1.82, 2.24) is 10.3 Å². The van der Waals surface area contributed by atoms with Gasteiger partial charge in [-0.2, -0.15) is 10.4 Å². The van der Waals surface area contributed by atoms with Crippen LogP contribution in [0.15, 0.2) is 59.7 Å². The van der Waals surface area contributed by atoms with E-state index in [1.165, 1.54) is 29.3 Å². The van der Waals surface area contributed by atoms with E-state index >= 15 is 0 Å². The van der Waals surface area contributed by atoms with Gasteiger partial charge < -0.3 is 10.0 Å². The van der Waals surface area contributed by atoms with Crippen LogP contribution in [0.25, 0.3) is 10.8 Å². The summed E-state index contributed by atoms with van der Waals surface area (Å²) in [6.45, 7) is 0.347. The maximum atomic E-state index is 12.8. The van der Waals surface area contributed by atoms with E-state index in [-0.39, 0.29) is 28.7 Å². The van der Waals surface area contributed by atoms with Crippen molar-refractivity contribution in [2.45, 2.75) is 6.42 Å². The Kier molecular flexibility index (Phi) is 6.85. The summed E-state index contributed by atoms with van der Waals surface area (Å²) < 4.78 is 0. The van der Waals surface area contributed by atoms with Gasteiger partial charge in [-0.3, -0.25) is 9.59 Å². The zero-order valence-electron chi connectivity index (χ0n) is 16.7. The van der Waals surface area contributed by atoms with Crippen LogP contribution < -0.4 is 5.43 Å². The van der Waals surface area contributed by atoms with Crippen molar-refractivity contribution in [2.24, 2.45) is 5.10 Å². The second-order valence-electron chi connectivity index (χ2n) is 6.75. The molecule has 31 heavy (non-hydrogen) atoms. The van der Waals surface area contributed by atoms with Crippen LogP contribution in [0.3, 0.4) is 0 Å². The molecule has 0 radical (unpaired) electrons. The third-order valence-corrected chi connectivity index (χ3v) is 4.98. The number of rotatable bonds is 6. The first-order valence-corrected chi connectivity index (χ1v) is 9.76. The topological polar surface area (TPSA) is 106 Å². The molecule has 0 unspecified atom stereocenters. The van der Waals surface area contributed by atoms with Crippen molar-refractivity contribution in [3.63, 3.8) is 0 Å². The molecule has 0 heterocycles. The highest BCUT2D eigenvalue weighted by Gasteiger charge is 2.15. The molecule has 0 bridgehead atoms. The monoisotopic (exact) mass is 434 g/mol. The Balaban J connectivity index is 1.83. The van der Waals surface area contributed by atoms with Crippen molar-refractivity contribution in [3.8, 4) is 11.8 Å². The van der Waals surface area contributed by atoms with Crippen LogP contribution >= 0.6 is 11.6 Å². The molecule has 8 heteroatoms. The fourth-order valence-electron chi connectivity index (χ4n) is 3.02. The molecule has 3 rings (SSSR count). The number of nitrogens with zero attached hydrogens (tertiary/aromatic N) is 3. The van der Waals surface area contributed by atoms with Crippen molar-refractivity contribution in [1.29, 1.82) is 5.26 Å². The average molecular weight is 435 g/mol. The summed E-state index contributed by atoms with van der Waals surface area (Å²) >= 11 is 5.83. The van der Waals surface area contributed by atoms with Gasteiger partial charge in [-0.1, -0.05) is 41.9 Å². The zero-order valence-corrected chi connectivity index (χ0v) is 17.4. The van der Waals surface area contributed by atoms with Crippen LogP contribution in [0.5, 0.6) is 5.75 Å². The summed E-state index contributed by atoms with van der Waals surface area (Å²) in [6.07, 6.45) is 1.76. The predicted octanol–water partition coefficient (Wildman–Crippen LogP) is 3.95. The van der Waals surface area contributed by atoms with E-state index in [1.54, 1.807) is 19.2 Å². The van der Waals surface area contributed by atoms with E-state index in [1.807, 2.05) is 30.3 Å².